The molecule has 0 aliphatic rings. The molecule has 0 atom stereocenters. The molecule has 8 nitrogen and oxygen atoms in total. The van der Waals surface area contributed by atoms with Crippen LogP contribution >= 0.6 is 11.6 Å². The molecule has 0 fully saturated rings. The third-order valence-corrected chi connectivity index (χ3v) is 5.34. The van der Waals surface area contributed by atoms with Crippen LogP contribution in [-0.2, 0) is 0 Å². The van der Waals surface area contributed by atoms with Crippen molar-refractivity contribution < 1.29 is 23.7 Å². The number of methoxy groups -OCH3 is 1. The molecule has 3 aromatic carbocycles. The van der Waals surface area contributed by atoms with Crippen molar-refractivity contribution in [1.82, 2.24) is 0 Å². The van der Waals surface area contributed by atoms with Gasteiger partial charge in [0.2, 0.25) is 5.78 Å². The Hall–Kier alpha value is -4.17. The van der Waals surface area contributed by atoms with Gasteiger partial charge in [0.1, 0.15) is 11.3 Å². The number of ketones is 2. The van der Waals surface area contributed by atoms with Gasteiger partial charge < -0.3 is 14.5 Å². The number of halogens is 1. The minimum atomic E-state index is -0.534. The fourth-order valence-corrected chi connectivity index (χ4v) is 3.62. The van der Waals surface area contributed by atoms with E-state index in [-0.39, 0.29) is 28.8 Å². The van der Waals surface area contributed by atoms with Crippen molar-refractivity contribution in [2.75, 3.05) is 19.0 Å². The minimum absolute atomic E-state index is 0.0360. The number of nitrogens with one attached hydrogen (secondary N) is 1. The monoisotopic (exact) mass is 464 g/mol. The van der Waals surface area contributed by atoms with Crippen LogP contribution in [0.25, 0.3) is 11.0 Å². The van der Waals surface area contributed by atoms with E-state index in [1.807, 2.05) is 0 Å². The van der Waals surface area contributed by atoms with Gasteiger partial charge in [-0.3, -0.25) is 19.7 Å². The normalized spacial score (nSPS) is 10.7. The summed E-state index contributed by atoms with van der Waals surface area (Å²) in [6.07, 6.45) is 0. The summed E-state index contributed by atoms with van der Waals surface area (Å²) in [5.74, 6) is -0.249. The summed E-state index contributed by atoms with van der Waals surface area (Å²) in [5, 5.41) is 14.7. The average Bonchev–Trinajstić information content (AvgIpc) is 3.20. The molecule has 0 bridgehead atoms. The van der Waals surface area contributed by atoms with E-state index in [0.717, 1.165) is 0 Å². The van der Waals surface area contributed by atoms with E-state index in [2.05, 4.69) is 5.32 Å². The zero-order valence-electron chi connectivity index (χ0n) is 17.3. The average molecular weight is 465 g/mol. The van der Waals surface area contributed by atoms with Gasteiger partial charge in [0.15, 0.2) is 11.5 Å². The molecule has 1 aromatic heterocycles. The number of hydrogen-bond acceptors (Lipinski definition) is 7. The van der Waals surface area contributed by atoms with Crippen molar-refractivity contribution in [3.8, 4) is 5.75 Å². The summed E-state index contributed by atoms with van der Waals surface area (Å²) in [6.45, 7) is -0.148. The van der Waals surface area contributed by atoms with E-state index in [1.165, 1.54) is 37.4 Å². The molecule has 1 N–H and O–H groups in total. The summed E-state index contributed by atoms with van der Waals surface area (Å²) in [6, 6.07) is 17.0. The van der Waals surface area contributed by atoms with Gasteiger partial charge in [-0.1, -0.05) is 23.7 Å². The van der Waals surface area contributed by atoms with E-state index < -0.39 is 10.7 Å². The summed E-state index contributed by atoms with van der Waals surface area (Å²) >= 11 is 6.17. The molecule has 0 unspecified atom stereocenters. The number of carbonyl (C=O) groups excluding carboxylic acids is 2. The Balaban J connectivity index is 1.64. The molecule has 0 radical (unpaired) electrons. The third-order valence-electron chi connectivity index (χ3n) is 5.04. The number of nitrogens with zero attached hydrogens (tertiary/aromatic N) is 1. The highest BCUT2D eigenvalue weighted by molar-refractivity contribution is 6.32. The second-order valence-electron chi connectivity index (χ2n) is 7.06. The van der Waals surface area contributed by atoms with Crippen LogP contribution in [0.15, 0.2) is 71.1 Å². The SMILES string of the molecule is COc1ccc(C(=O)c2oc3ccccc3c2NCC(=O)c2ccc([N+](=O)[O-])cc2)cc1Cl. The smallest absolute Gasteiger partial charge is 0.269 e. The lowest BCUT2D eigenvalue weighted by Crippen LogP contribution is -2.15. The van der Waals surface area contributed by atoms with Gasteiger partial charge >= 0.3 is 0 Å². The molecule has 0 aliphatic heterocycles. The summed E-state index contributed by atoms with van der Waals surface area (Å²) in [7, 11) is 1.48. The van der Waals surface area contributed by atoms with Crippen LogP contribution in [0, 0.1) is 10.1 Å². The van der Waals surface area contributed by atoms with Crippen LogP contribution < -0.4 is 10.1 Å². The second-order valence-corrected chi connectivity index (χ2v) is 7.47. The fourth-order valence-electron chi connectivity index (χ4n) is 3.36. The first kappa shape index (κ1) is 22.0. The van der Waals surface area contributed by atoms with E-state index in [1.54, 1.807) is 36.4 Å². The summed E-state index contributed by atoms with van der Waals surface area (Å²) in [4.78, 5) is 36.1. The number of ether oxygens (including phenoxy) is 1. The number of Topliss-reactive ketones (excluding diaryl/α,β-unsaturated/α-hetero) is 1. The molecule has 9 heteroatoms. The molecule has 0 saturated heterocycles. The fraction of sp³-hybridized carbons (Fsp3) is 0.0833. The topological polar surface area (TPSA) is 112 Å². The maximum Gasteiger partial charge on any atom is 0.269 e. The summed E-state index contributed by atoms with van der Waals surface area (Å²) in [5.41, 5.74) is 1.34. The predicted octanol–water partition coefficient (Wildman–Crippen LogP) is 5.53. The first-order valence-electron chi connectivity index (χ1n) is 9.80. The Labute approximate surface area is 192 Å². The third kappa shape index (κ3) is 4.42. The standard InChI is InChI=1S/C24H17ClN2O6/c1-32-21-11-8-15(12-18(21)25)23(29)24-22(17-4-2-3-5-20(17)33-24)26-13-19(28)14-6-9-16(10-7-14)27(30)31/h2-12,26H,13H2,1H3. The Morgan fingerprint density at radius 1 is 1.06 bits per heavy atom. The van der Waals surface area contributed by atoms with Gasteiger partial charge in [-0.05, 0) is 42.5 Å². The number of fused-ring (bicyclic) bond motifs is 1. The number of benzene rings is 3. The van der Waals surface area contributed by atoms with E-state index in [9.17, 15) is 19.7 Å². The highest BCUT2D eigenvalue weighted by atomic mass is 35.5. The first-order valence-corrected chi connectivity index (χ1v) is 10.2. The van der Waals surface area contributed by atoms with Crippen molar-refractivity contribution in [3.05, 3.63) is 98.8 Å². The van der Waals surface area contributed by atoms with Crippen molar-refractivity contribution in [2.24, 2.45) is 0 Å². The Morgan fingerprint density at radius 2 is 1.76 bits per heavy atom. The Kier molecular flexibility index (Phi) is 6.10. The van der Waals surface area contributed by atoms with Gasteiger partial charge in [-0.15, -0.1) is 0 Å². The van der Waals surface area contributed by atoms with Crippen LogP contribution in [0.1, 0.15) is 26.5 Å². The van der Waals surface area contributed by atoms with Crippen molar-refractivity contribution in [2.45, 2.75) is 0 Å². The van der Waals surface area contributed by atoms with Crippen molar-refractivity contribution in [3.63, 3.8) is 0 Å². The lowest BCUT2D eigenvalue weighted by Gasteiger charge is -2.08. The molecule has 4 aromatic rings. The Bertz CT molecular complexity index is 1380. The van der Waals surface area contributed by atoms with Crippen LogP contribution in [0.3, 0.4) is 0 Å². The van der Waals surface area contributed by atoms with Crippen molar-refractivity contribution in [1.29, 1.82) is 0 Å². The first-order chi connectivity index (χ1) is 15.9. The highest BCUT2D eigenvalue weighted by Crippen LogP contribution is 2.34. The number of non-ortho nitro benzene ring substituents is 1. The van der Waals surface area contributed by atoms with E-state index in [4.69, 9.17) is 20.8 Å². The van der Waals surface area contributed by atoms with Gasteiger partial charge in [0.05, 0.1) is 29.3 Å². The van der Waals surface area contributed by atoms with Crippen LogP contribution in [-0.4, -0.2) is 30.1 Å². The molecular weight excluding hydrogens is 448 g/mol. The van der Waals surface area contributed by atoms with Crippen LogP contribution in [0.4, 0.5) is 11.4 Å². The van der Waals surface area contributed by atoms with Crippen LogP contribution in [0.2, 0.25) is 5.02 Å². The number of hydrogen-bond donors (Lipinski definition) is 1. The number of nitro benzene ring substituents is 1. The molecule has 0 saturated carbocycles. The quantitative estimate of drug-likeness (QED) is 0.207. The van der Waals surface area contributed by atoms with E-state index >= 15 is 0 Å². The zero-order valence-corrected chi connectivity index (χ0v) is 18.1. The number of anilines is 1. The molecule has 166 valence electrons. The number of furan rings is 1. The molecule has 33 heavy (non-hydrogen) atoms. The minimum Gasteiger partial charge on any atom is -0.495 e. The maximum atomic E-state index is 13.2. The largest absolute Gasteiger partial charge is 0.495 e. The van der Waals surface area contributed by atoms with Crippen LogP contribution in [0.5, 0.6) is 5.75 Å². The van der Waals surface area contributed by atoms with Gasteiger partial charge in [-0.2, -0.15) is 0 Å². The van der Waals surface area contributed by atoms with Gasteiger partial charge in [-0.25, -0.2) is 0 Å². The Morgan fingerprint density at radius 3 is 2.42 bits per heavy atom. The molecular formula is C24H17ClN2O6. The summed E-state index contributed by atoms with van der Waals surface area (Å²) < 4.78 is 11.0. The molecule has 0 spiro atoms. The van der Waals surface area contributed by atoms with Gasteiger partial charge in [0, 0.05) is 28.6 Å². The molecule has 0 amide bonds. The number of carbonyl (C=O) groups is 2. The second kappa shape index (κ2) is 9.13. The number of nitro groups is 1. The maximum absolute atomic E-state index is 13.2. The molecule has 1 heterocycles. The van der Waals surface area contributed by atoms with Crippen molar-refractivity contribution >= 4 is 45.5 Å². The number of para-hydroxylation sites is 1. The zero-order chi connectivity index (χ0) is 23.5. The highest BCUT2D eigenvalue weighted by Gasteiger charge is 2.23. The number of rotatable bonds is 8. The predicted molar refractivity (Wildman–Crippen MR) is 124 cm³/mol. The molecule has 4 rings (SSSR count). The van der Waals surface area contributed by atoms with Gasteiger partial charge in [0.25, 0.3) is 5.69 Å². The lowest BCUT2D eigenvalue weighted by atomic mass is 10.1. The molecule has 0 aliphatic carbocycles. The van der Waals surface area contributed by atoms with E-state index in [0.29, 0.717) is 33.5 Å². The lowest BCUT2D eigenvalue weighted by molar-refractivity contribution is -0.384.